The van der Waals surface area contributed by atoms with Gasteiger partial charge in [-0.1, -0.05) is 0 Å². The van der Waals surface area contributed by atoms with Crippen molar-refractivity contribution in [2.75, 3.05) is 19.7 Å². The molecule has 2 aromatic rings. The highest BCUT2D eigenvalue weighted by atomic mass is 32.1. The summed E-state index contributed by atoms with van der Waals surface area (Å²) in [4.78, 5) is 27.3. The summed E-state index contributed by atoms with van der Waals surface area (Å²) < 4.78 is 5.74. The Morgan fingerprint density at radius 2 is 2.32 bits per heavy atom. The summed E-state index contributed by atoms with van der Waals surface area (Å²) in [6, 6.07) is 0. The summed E-state index contributed by atoms with van der Waals surface area (Å²) in [5.41, 5.74) is 1.96. The zero-order valence-electron chi connectivity index (χ0n) is 13.0. The highest BCUT2D eigenvalue weighted by molar-refractivity contribution is 7.11. The third kappa shape index (κ3) is 3.20. The number of carbonyl (C=O) groups excluding carboxylic acids is 1. The SMILES string of the molecule is Cc1cnc(C2CN(C(=O)Cc3sc(C)nc3C)CCO2)[nH]1. The molecular formula is C15H20N4O2S. The minimum absolute atomic E-state index is 0.128. The summed E-state index contributed by atoms with van der Waals surface area (Å²) >= 11 is 1.60. The Morgan fingerprint density at radius 1 is 1.50 bits per heavy atom. The molecule has 1 fully saturated rings. The fraction of sp³-hybridized carbons (Fsp3) is 0.533. The van der Waals surface area contributed by atoms with E-state index in [1.165, 1.54) is 0 Å². The third-order valence-corrected chi connectivity index (χ3v) is 4.83. The Labute approximate surface area is 133 Å². The molecule has 3 heterocycles. The predicted octanol–water partition coefficient (Wildman–Crippen LogP) is 1.93. The maximum Gasteiger partial charge on any atom is 0.228 e. The van der Waals surface area contributed by atoms with Gasteiger partial charge in [-0.3, -0.25) is 4.79 Å². The number of aromatic nitrogens is 3. The van der Waals surface area contributed by atoms with E-state index in [-0.39, 0.29) is 12.0 Å². The van der Waals surface area contributed by atoms with E-state index in [1.807, 2.05) is 25.7 Å². The number of hydrogen-bond donors (Lipinski definition) is 1. The number of amides is 1. The number of ether oxygens (including phenoxy) is 1. The first-order chi connectivity index (χ1) is 10.5. The molecular weight excluding hydrogens is 300 g/mol. The van der Waals surface area contributed by atoms with Gasteiger partial charge in [-0.25, -0.2) is 9.97 Å². The van der Waals surface area contributed by atoms with Crippen molar-refractivity contribution in [3.63, 3.8) is 0 Å². The zero-order chi connectivity index (χ0) is 15.7. The van der Waals surface area contributed by atoms with E-state index >= 15 is 0 Å². The average molecular weight is 320 g/mol. The number of H-pyrrole nitrogens is 1. The van der Waals surface area contributed by atoms with Gasteiger partial charge in [0, 0.05) is 23.3 Å². The highest BCUT2D eigenvalue weighted by Crippen LogP contribution is 2.22. The minimum Gasteiger partial charge on any atom is -0.367 e. The second-order valence-electron chi connectivity index (χ2n) is 5.57. The molecule has 0 spiro atoms. The van der Waals surface area contributed by atoms with Crippen LogP contribution in [0.25, 0.3) is 0 Å². The molecule has 0 radical (unpaired) electrons. The number of carbonyl (C=O) groups is 1. The first-order valence-corrected chi connectivity index (χ1v) is 8.18. The lowest BCUT2D eigenvalue weighted by Gasteiger charge is -2.32. The van der Waals surface area contributed by atoms with Gasteiger partial charge < -0.3 is 14.6 Å². The van der Waals surface area contributed by atoms with Gasteiger partial charge in [-0.15, -0.1) is 11.3 Å². The summed E-state index contributed by atoms with van der Waals surface area (Å²) in [5.74, 6) is 0.920. The molecule has 6 nitrogen and oxygen atoms in total. The van der Waals surface area contributed by atoms with Crippen LogP contribution in [0.15, 0.2) is 6.20 Å². The molecule has 0 aromatic carbocycles. The summed E-state index contributed by atoms with van der Waals surface area (Å²) in [6.07, 6.45) is 2.03. The third-order valence-electron chi connectivity index (χ3n) is 3.76. The molecule has 1 saturated heterocycles. The van der Waals surface area contributed by atoms with E-state index in [0.717, 1.165) is 27.1 Å². The maximum atomic E-state index is 12.5. The Kier molecular flexibility index (Phi) is 4.26. The van der Waals surface area contributed by atoms with Crippen LogP contribution in [-0.4, -0.2) is 45.5 Å². The van der Waals surface area contributed by atoms with Crippen molar-refractivity contribution in [3.05, 3.63) is 33.3 Å². The quantitative estimate of drug-likeness (QED) is 0.938. The van der Waals surface area contributed by atoms with Crippen LogP contribution in [0.3, 0.4) is 0 Å². The van der Waals surface area contributed by atoms with Crippen LogP contribution in [-0.2, 0) is 16.0 Å². The fourth-order valence-electron chi connectivity index (χ4n) is 2.62. The lowest BCUT2D eigenvalue weighted by atomic mass is 10.2. The fourth-order valence-corrected chi connectivity index (χ4v) is 3.55. The monoisotopic (exact) mass is 320 g/mol. The second kappa shape index (κ2) is 6.18. The van der Waals surface area contributed by atoms with Crippen LogP contribution in [0.2, 0.25) is 0 Å². The van der Waals surface area contributed by atoms with Crippen LogP contribution >= 0.6 is 11.3 Å². The van der Waals surface area contributed by atoms with Gasteiger partial charge in [-0.05, 0) is 20.8 Å². The smallest absolute Gasteiger partial charge is 0.228 e. The molecule has 118 valence electrons. The second-order valence-corrected chi connectivity index (χ2v) is 6.86. The van der Waals surface area contributed by atoms with Crippen molar-refractivity contribution in [2.24, 2.45) is 0 Å². The molecule has 1 unspecified atom stereocenters. The van der Waals surface area contributed by atoms with E-state index in [4.69, 9.17) is 4.74 Å². The summed E-state index contributed by atoms with van der Waals surface area (Å²) in [7, 11) is 0. The minimum atomic E-state index is -0.171. The average Bonchev–Trinajstić information content (AvgIpc) is 3.05. The molecule has 0 saturated carbocycles. The van der Waals surface area contributed by atoms with E-state index in [9.17, 15) is 4.79 Å². The number of aromatic amines is 1. The largest absolute Gasteiger partial charge is 0.367 e. The molecule has 2 aromatic heterocycles. The molecule has 1 aliphatic rings. The van der Waals surface area contributed by atoms with Crippen molar-refractivity contribution in [1.29, 1.82) is 0 Å². The van der Waals surface area contributed by atoms with Crippen molar-refractivity contribution < 1.29 is 9.53 Å². The van der Waals surface area contributed by atoms with Gasteiger partial charge in [0.1, 0.15) is 11.9 Å². The van der Waals surface area contributed by atoms with Gasteiger partial charge in [0.05, 0.1) is 30.3 Å². The van der Waals surface area contributed by atoms with Gasteiger partial charge in [0.2, 0.25) is 5.91 Å². The number of nitrogens with zero attached hydrogens (tertiary/aromatic N) is 3. The van der Waals surface area contributed by atoms with Crippen molar-refractivity contribution in [2.45, 2.75) is 33.3 Å². The van der Waals surface area contributed by atoms with Gasteiger partial charge in [-0.2, -0.15) is 0 Å². The maximum absolute atomic E-state index is 12.5. The first-order valence-electron chi connectivity index (χ1n) is 7.36. The van der Waals surface area contributed by atoms with Crippen LogP contribution in [0, 0.1) is 20.8 Å². The Balaban J connectivity index is 1.66. The van der Waals surface area contributed by atoms with Crippen LogP contribution < -0.4 is 0 Å². The van der Waals surface area contributed by atoms with Crippen molar-refractivity contribution >= 4 is 17.2 Å². The number of hydrogen-bond acceptors (Lipinski definition) is 5. The number of imidazole rings is 1. The molecule has 1 N–H and O–H groups in total. The van der Waals surface area contributed by atoms with Gasteiger partial charge in [0.15, 0.2) is 0 Å². The molecule has 0 aliphatic carbocycles. The van der Waals surface area contributed by atoms with E-state index < -0.39 is 0 Å². The standard InChI is InChI=1S/C15H20N4O2S/c1-9-7-16-15(17-9)12-8-19(4-5-21-12)14(20)6-13-10(2)18-11(3)22-13/h7,12H,4-6,8H2,1-3H3,(H,16,17). The predicted molar refractivity (Wildman–Crippen MR) is 83.9 cm³/mol. The number of rotatable bonds is 3. The molecule has 0 bridgehead atoms. The Hall–Kier alpha value is -1.73. The summed E-state index contributed by atoms with van der Waals surface area (Å²) in [5, 5.41) is 1.01. The van der Waals surface area contributed by atoms with Crippen LogP contribution in [0.1, 0.15) is 33.2 Å². The van der Waals surface area contributed by atoms with E-state index in [1.54, 1.807) is 17.5 Å². The Morgan fingerprint density at radius 3 is 2.95 bits per heavy atom. The molecule has 22 heavy (non-hydrogen) atoms. The van der Waals surface area contributed by atoms with E-state index in [0.29, 0.717) is 26.1 Å². The molecule has 1 atom stereocenters. The van der Waals surface area contributed by atoms with Crippen molar-refractivity contribution in [1.82, 2.24) is 19.9 Å². The lowest BCUT2D eigenvalue weighted by Crippen LogP contribution is -2.43. The van der Waals surface area contributed by atoms with Gasteiger partial charge >= 0.3 is 0 Å². The normalized spacial score (nSPS) is 18.7. The van der Waals surface area contributed by atoms with E-state index in [2.05, 4.69) is 15.0 Å². The van der Waals surface area contributed by atoms with Crippen LogP contribution in [0.4, 0.5) is 0 Å². The topological polar surface area (TPSA) is 71.1 Å². The Bertz CT molecular complexity index is 679. The molecule has 7 heteroatoms. The lowest BCUT2D eigenvalue weighted by molar-refractivity contribution is -0.138. The molecule has 1 amide bonds. The number of thiazole rings is 1. The van der Waals surface area contributed by atoms with Gasteiger partial charge in [0.25, 0.3) is 0 Å². The first kappa shape index (κ1) is 15.2. The zero-order valence-corrected chi connectivity index (χ0v) is 13.9. The summed E-state index contributed by atoms with van der Waals surface area (Å²) in [6.45, 7) is 7.60. The molecule has 3 rings (SSSR count). The van der Waals surface area contributed by atoms with Crippen molar-refractivity contribution in [3.8, 4) is 0 Å². The number of aryl methyl sites for hydroxylation is 3. The number of morpholine rings is 1. The van der Waals surface area contributed by atoms with Crippen LogP contribution in [0.5, 0.6) is 0 Å². The molecule has 1 aliphatic heterocycles. The number of nitrogens with one attached hydrogen (secondary N) is 1. The highest BCUT2D eigenvalue weighted by Gasteiger charge is 2.27.